The first-order chi connectivity index (χ1) is 5.38. The summed E-state index contributed by atoms with van der Waals surface area (Å²) in [5, 5.41) is 6.26. The van der Waals surface area contributed by atoms with Gasteiger partial charge in [-0.2, -0.15) is 0 Å². The molecule has 0 aliphatic carbocycles. The van der Waals surface area contributed by atoms with Gasteiger partial charge < -0.3 is 0 Å². The van der Waals surface area contributed by atoms with Crippen molar-refractivity contribution in [1.82, 2.24) is 5.32 Å². The molecule has 0 saturated heterocycles. The van der Waals surface area contributed by atoms with E-state index in [9.17, 15) is 0 Å². The summed E-state index contributed by atoms with van der Waals surface area (Å²) >= 11 is 1.75. The minimum Gasteiger partial charge on any atom is -0.261 e. The minimum absolute atomic E-state index is 1.12. The van der Waals surface area contributed by atoms with Gasteiger partial charge in [-0.1, -0.05) is 6.07 Å². The van der Waals surface area contributed by atoms with Gasteiger partial charge in [0.2, 0.25) is 0 Å². The van der Waals surface area contributed by atoms with Gasteiger partial charge in [-0.15, -0.1) is 11.3 Å². The Kier molecular flexibility index (Phi) is 1.55. The molecule has 0 amide bonds. The predicted octanol–water partition coefficient (Wildman–Crippen LogP) is 2.61. The van der Waals surface area contributed by atoms with Crippen LogP contribution >= 0.6 is 11.3 Å². The molecule has 1 aromatic rings. The van der Waals surface area contributed by atoms with Crippen LogP contribution < -0.4 is 5.32 Å². The Morgan fingerprint density at radius 1 is 1.45 bits per heavy atom. The van der Waals surface area contributed by atoms with Crippen LogP contribution in [0.2, 0.25) is 0 Å². The molecule has 1 nitrogen and oxygen atoms in total. The molecule has 55 valence electrons. The first kappa shape index (κ1) is 6.68. The quantitative estimate of drug-likeness (QED) is 0.602. The second-order valence-corrected chi connectivity index (χ2v) is 3.37. The fourth-order valence-corrected chi connectivity index (χ4v) is 1.91. The molecule has 0 saturated carbocycles. The van der Waals surface area contributed by atoms with Crippen molar-refractivity contribution in [2.45, 2.75) is 6.92 Å². The second-order valence-electron chi connectivity index (χ2n) is 2.42. The van der Waals surface area contributed by atoms with Crippen molar-refractivity contribution in [3.05, 3.63) is 40.4 Å². The molecule has 0 spiro atoms. The molecule has 0 N–H and O–H groups in total. The van der Waals surface area contributed by atoms with Crippen LogP contribution in [0.25, 0.3) is 5.57 Å². The molecule has 0 fully saturated rings. The summed E-state index contributed by atoms with van der Waals surface area (Å²) in [7, 11) is 0. The predicted molar refractivity (Wildman–Crippen MR) is 48.2 cm³/mol. The Morgan fingerprint density at radius 2 is 2.36 bits per heavy atom. The van der Waals surface area contributed by atoms with Crippen LogP contribution in [-0.2, 0) is 0 Å². The highest BCUT2D eigenvalue weighted by atomic mass is 32.1. The molecule has 0 unspecified atom stereocenters. The lowest BCUT2D eigenvalue weighted by molar-refractivity contribution is 1.07. The maximum absolute atomic E-state index is 4.18. The Balaban J connectivity index is 2.44. The van der Waals surface area contributed by atoms with E-state index in [1.54, 1.807) is 11.3 Å². The molecule has 0 aromatic carbocycles. The second kappa shape index (κ2) is 2.55. The normalized spacial score (nSPS) is 15.7. The lowest BCUT2D eigenvalue weighted by atomic mass is 10.2. The highest BCUT2D eigenvalue weighted by Gasteiger charge is 2.07. The summed E-state index contributed by atoms with van der Waals surface area (Å²) in [4.78, 5) is 1.31. The molecule has 1 aromatic heterocycles. The van der Waals surface area contributed by atoms with Gasteiger partial charge in [0.25, 0.3) is 0 Å². The average molecular weight is 162 g/mol. The van der Waals surface area contributed by atoms with E-state index in [0.29, 0.717) is 0 Å². The standard InChI is InChI=1S/C9H8NS/c1-7-8(4-5-10-7)9-3-2-6-11-9/h2-6H,1H3. The van der Waals surface area contributed by atoms with Gasteiger partial charge in [-0.25, -0.2) is 0 Å². The van der Waals surface area contributed by atoms with Crippen molar-refractivity contribution in [3.8, 4) is 0 Å². The lowest BCUT2D eigenvalue weighted by Gasteiger charge is -1.95. The van der Waals surface area contributed by atoms with Gasteiger partial charge >= 0.3 is 0 Å². The topological polar surface area (TPSA) is 14.1 Å². The molecule has 0 bridgehead atoms. The van der Waals surface area contributed by atoms with Crippen molar-refractivity contribution in [1.29, 1.82) is 0 Å². The third-order valence-electron chi connectivity index (χ3n) is 1.69. The van der Waals surface area contributed by atoms with E-state index in [1.165, 1.54) is 10.5 Å². The summed E-state index contributed by atoms with van der Waals surface area (Å²) in [6.07, 6.45) is 3.91. The zero-order chi connectivity index (χ0) is 7.68. The minimum atomic E-state index is 1.12. The van der Waals surface area contributed by atoms with Crippen LogP contribution in [0, 0.1) is 0 Å². The molecule has 1 radical (unpaired) electrons. The molecule has 1 aliphatic rings. The van der Waals surface area contributed by atoms with Crippen LogP contribution in [0.5, 0.6) is 0 Å². The summed E-state index contributed by atoms with van der Waals surface area (Å²) in [6, 6.07) is 4.18. The maximum Gasteiger partial charge on any atom is 0.0459 e. The first-order valence-corrected chi connectivity index (χ1v) is 4.38. The Hall–Kier alpha value is -1.02. The van der Waals surface area contributed by atoms with Crippen LogP contribution in [0.15, 0.2) is 35.5 Å². The number of hydrogen-bond acceptors (Lipinski definition) is 1. The highest BCUT2D eigenvalue weighted by molar-refractivity contribution is 7.11. The van der Waals surface area contributed by atoms with E-state index < -0.39 is 0 Å². The number of hydrogen-bond donors (Lipinski definition) is 0. The molecule has 11 heavy (non-hydrogen) atoms. The summed E-state index contributed by atoms with van der Waals surface area (Å²) in [5.41, 5.74) is 2.38. The van der Waals surface area contributed by atoms with Gasteiger partial charge in [-0.05, 0) is 24.4 Å². The Labute approximate surface area is 70.1 Å². The Bertz CT molecular complexity index is 306. The fourth-order valence-electron chi connectivity index (χ4n) is 1.11. The molecule has 2 heterocycles. The summed E-state index contributed by atoms with van der Waals surface area (Å²) < 4.78 is 0. The third kappa shape index (κ3) is 1.10. The van der Waals surface area contributed by atoms with Crippen molar-refractivity contribution in [2.24, 2.45) is 0 Å². The fraction of sp³-hybridized carbons (Fsp3) is 0.111. The van der Waals surface area contributed by atoms with Gasteiger partial charge in [0.15, 0.2) is 0 Å². The molecular weight excluding hydrogens is 154 g/mol. The van der Waals surface area contributed by atoms with Gasteiger partial charge in [0, 0.05) is 22.3 Å². The van der Waals surface area contributed by atoms with Crippen molar-refractivity contribution in [2.75, 3.05) is 0 Å². The number of allylic oxidation sites excluding steroid dienone is 3. The zero-order valence-electron chi connectivity index (χ0n) is 6.24. The van der Waals surface area contributed by atoms with Crippen LogP contribution in [-0.4, -0.2) is 0 Å². The summed E-state index contributed by atoms with van der Waals surface area (Å²) in [6.45, 7) is 2.04. The average Bonchev–Trinajstić information content (AvgIpc) is 2.55. The smallest absolute Gasteiger partial charge is 0.0459 e. The third-order valence-corrected chi connectivity index (χ3v) is 2.59. The van der Waals surface area contributed by atoms with Gasteiger partial charge in [0.1, 0.15) is 0 Å². The number of thiophene rings is 1. The molecule has 0 atom stereocenters. The van der Waals surface area contributed by atoms with E-state index in [0.717, 1.165) is 5.70 Å². The first-order valence-electron chi connectivity index (χ1n) is 3.50. The maximum atomic E-state index is 4.18. The van der Waals surface area contributed by atoms with E-state index in [2.05, 4.69) is 28.9 Å². The van der Waals surface area contributed by atoms with Gasteiger partial charge in [-0.3, -0.25) is 5.32 Å². The van der Waals surface area contributed by atoms with Gasteiger partial charge in [0.05, 0.1) is 0 Å². The highest BCUT2D eigenvalue weighted by Crippen LogP contribution is 2.26. The molecule has 1 aliphatic heterocycles. The molecule has 2 heteroatoms. The van der Waals surface area contributed by atoms with Crippen molar-refractivity contribution < 1.29 is 0 Å². The SMILES string of the molecule is CC1=C(c2cccs2)C=C[N]1. The van der Waals surface area contributed by atoms with E-state index >= 15 is 0 Å². The van der Waals surface area contributed by atoms with Crippen molar-refractivity contribution >= 4 is 16.9 Å². The van der Waals surface area contributed by atoms with E-state index in [1.807, 2.05) is 13.1 Å². The van der Waals surface area contributed by atoms with Crippen LogP contribution in [0.3, 0.4) is 0 Å². The molecular formula is C9H8NS. The number of rotatable bonds is 1. The summed E-state index contributed by atoms with van der Waals surface area (Å²) in [5.74, 6) is 0. The van der Waals surface area contributed by atoms with E-state index in [4.69, 9.17) is 0 Å². The van der Waals surface area contributed by atoms with E-state index in [-0.39, 0.29) is 0 Å². The monoisotopic (exact) mass is 162 g/mol. The van der Waals surface area contributed by atoms with Crippen molar-refractivity contribution in [3.63, 3.8) is 0 Å². The molecule has 2 rings (SSSR count). The lowest BCUT2D eigenvalue weighted by Crippen LogP contribution is -1.86. The zero-order valence-corrected chi connectivity index (χ0v) is 7.06. The van der Waals surface area contributed by atoms with Crippen LogP contribution in [0.4, 0.5) is 0 Å². The Morgan fingerprint density at radius 3 is 2.91 bits per heavy atom. The largest absolute Gasteiger partial charge is 0.261 e. The van der Waals surface area contributed by atoms with Crippen LogP contribution in [0.1, 0.15) is 11.8 Å². The number of nitrogens with zero attached hydrogens (tertiary/aromatic N) is 1.